The van der Waals surface area contributed by atoms with Crippen LogP contribution in [-0.4, -0.2) is 16.5 Å². The summed E-state index contributed by atoms with van der Waals surface area (Å²) in [6.45, 7) is 9.32. The number of nitrogen functional groups attached to an aromatic ring is 1. The van der Waals surface area contributed by atoms with E-state index >= 15 is 0 Å². The van der Waals surface area contributed by atoms with E-state index in [2.05, 4.69) is 43.0 Å². The van der Waals surface area contributed by atoms with Gasteiger partial charge in [-0.1, -0.05) is 27.7 Å². The van der Waals surface area contributed by atoms with Crippen molar-refractivity contribution in [2.45, 2.75) is 33.6 Å². The smallest absolute Gasteiger partial charge is 0.135 e. The molecule has 15 heavy (non-hydrogen) atoms. The number of hydrogen-bond acceptors (Lipinski definition) is 4. The van der Waals surface area contributed by atoms with Crippen molar-refractivity contribution in [2.24, 2.45) is 5.92 Å². The van der Waals surface area contributed by atoms with Gasteiger partial charge in [0.05, 0.1) is 0 Å². The van der Waals surface area contributed by atoms with Crippen molar-refractivity contribution in [2.75, 3.05) is 17.6 Å². The summed E-state index contributed by atoms with van der Waals surface area (Å²) in [5, 5.41) is 3.25. The number of nitrogens with zero attached hydrogens (tertiary/aromatic N) is 2. The second-order valence-electron chi connectivity index (χ2n) is 4.47. The van der Waals surface area contributed by atoms with Crippen LogP contribution >= 0.6 is 0 Å². The van der Waals surface area contributed by atoms with Crippen LogP contribution in [0.25, 0.3) is 0 Å². The molecule has 1 rings (SSSR count). The summed E-state index contributed by atoms with van der Waals surface area (Å²) in [5.74, 6) is 3.03. The highest BCUT2D eigenvalue weighted by Crippen LogP contribution is 2.15. The molecule has 0 aromatic carbocycles. The van der Waals surface area contributed by atoms with Crippen LogP contribution in [0.5, 0.6) is 0 Å². The average molecular weight is 208 g/mol. The minimum atomic E-state index is 0.299. The van der Waals surface area contributed by atoms with Gasteiger partial charge in [0.1, 0.15) is 17.5 Å². The van der Waals surface area contributed by atoms with Gasteiger partial charge in [0.15, 0.2) is 0 Å². The quantitative estimate of drug-likeness (QED) is 0.796. The number of aromatic nitrogens is 2. The topological polar surface area (TPSA) is 63.8 Å². The van der Waals surface area contributed by atoms with E-state index in [1.165, 1.54) is 0 Å². The van der Waals surface area contributed by atoms with Crippen molar-refractivity contribution in [3.63, 3.8) is 0 Å². The van der Waals surface area contributed by atoms with Gasteiger partial charge in [-0.05, 0) is 5.92 Å². The number of nitrogens with two attached hydrogens (primary N) is 1. The lowest BCUT2D eigenvalue weighted by Crippen LogP contribution is -2.11. The Kier molecular flexibility index (Phi) is 3.88. The fourth-order valence-corrected chi connectivity index (χ4v) is 1.14. The van der Waals surface area contributed by atoms with Crippen molar-refractivity contribution in [1.29, 1.82) is 0 Å². The predicted octanol–water partition coefficient (Wildman–Crippen LogP) is 2.25. The second kappa shape index (κ2) is 4.96. The maximum atomic E-state index is 5.71. The number of hydrogen-bond donors (Lipinski definition) is 2. The van der Waals surface area contributed by atoms with Crippen molar-refractivity contribution >= 4 is 11.6 Å². The minimum Gasteiger partial charge on any atom is -0.384 e. The number of anilines is 2. The van der Waals surface area contributed by atoms with Crippen LogP contribution in [-0.2, 0) is 0 Å². The summed E-state index contributed by atoms with van der Waals surface area (Å²) in [7, 11) is 0. The first-order chi connectivity index (χ1) is 6.99. The van der Waals surface area contributed by atoms with Gasteiger partial charge < -0.3 is 11.1 Å². The Bertz CT molecular complexity index is 320. The first kappa shape index (κ1) is 11.8. The second-order valence-corrected chi connectivity index (χ2v) is 4.47. The Morgan fingerprint density at radius 2 is 1.93 bits per heavy atom. The monoisotopic (exact) mass is 208 g/mol. The zero-order valence-electron chi connectivity index (χ0n) is 9.91. The molecule has 0 fully saturated rings. The maximum Gasteiger partial charge on any atom is 0.135 e. The summed E-state index contributed by atoms with van der Waals surface area (Å²) in [4.78, 5) is 8.59. The van der Waals surface area contributed by atoms with Gasteiger partial charge in [-0.15, -0.1) is 0 Å². The molecule has 4 nitrogen and oxygen atoms in total. The van der Waals surface area contributed by atoms with Crippen LogP contribution in [0.1, 0.15) is 39.4 Å². The third-order valence-electron chi connectivity index (χ3n) is 1.97. The third-order valence-corrected chi connectivity index (χ3v) is 1.97. The van der Waals surface area contributed by atoms with Gasteiger partial charge in [0.2, 0.25) is 0 Å². The molecule has 84 valence electrons. The van der Waals surface area contributed by atoms with Crippen molar-refractivity contribution in [3.05, 3.63) is 11.9 Å². The van der Waals surface area contributed by atoms with Gasteiger partial charge >= 0.3 is 0 Å². The number of nitrogens with one attached hydrogen (secondary N) is 1. The van der Waals surface area contributed by atoms with E-state index in [1.54, 1.807) is 6.07 Å². The summed E-state index contributed by atoms with van der Waals surface area (Å²) in [5.41, 5.74) is 5.71. The lowest BCUT2D eigenvalue weighted by Gasteiger charge is -2.11. The molecule has 0 atom stereocenters. The van der Waals surface area contributed by atoms with Crippen LogP contribution in [0.15, 0.2) is 6.07 Å². The molecule has 0 amide bonds. The van der Waals surface area contributed by atoms with Gasteiger partial charge in [-0.25, -0.2) is 9.97 Å². The molecule has 0 radical (unpaired) electrons. The Labute approximate surface area is 91.3 Å². The summed E-state index contributed by atoms with van der Waals surface area (Å²) < 4.78 is 0. The SMILES string of the molecule is CC(C)CNc1cc(N)nc(C(C)C)n1. The molecule has 0 unspecified atom stereocenters. The molecule has 0 spiro atoms. The van der Waals surface area contributed by atoms with Crippen LogP contribution in [0, 0.1) is 5.92 Å². The molecule has 0 bridgehead atoms. The highest BCUT2D eigenvalue weighted by molar-refractivity contribution is 5.44. The van der Waals surface area contributed by atoms with Crippen molar-refractivity contribution < 1.29 is 0 Å². The zero-order valence-corrected chi connectivity index (χ0v) is 9.91. The molecule has 3 N–H and O–H groups in total. The van der Waals surface area contributed by atoms with Crippen molar-refractivity contribution in [1.82, 2.24) is 9.97 Å². The lowest BCUT2D eigenvalue weighted by atomic mass is 10.2. The third kappa shape index (κ3) is 3.73. The van der Waals surface area contributed by atoms with E-state index in [1.807, 2.05) is 0 Å². The number of rotatable bonds is 4. The Morgan fingerprint density at radius 3 is 2.47 bits per heavy atom. The first-order valence-corrected chi connectivity index (χ1v) is 5.37. The highest BCUT2D eigenvalue weighted by Gasteiger charge is 2.06. The largest absolute Gasteiger partial charge is 0.384 e. The Morgan fingerprint density at radius 1 is 1.27 bits per heavy atom. The standard InChI is InChI=1S/C11H20N4/c1-7(2)6-13-10-5-9(12)14-11(15-10)8(3)4/h5,7-8H,6H2,1-4H3,(H3,12,13,14,15). The van der Waals surface area contributed by atoms with Crippen molar-refractivity contribution in [3.8, 4) is 0 Å². The summed E-state index contributed by atoms with van der Waals surface area (Å²) in [6.07, 6.45) is 0. The van der Waals surface area contributed by atoms with E-state index in [0.717, 1.165) is 18.2 Å². The molecule has 0 aliphatic rings. The van der Waals surface area contributed by atoms with Gasteiger partial charge in [0, 0.05) is 18.5 Å². The average Bonchev–Trinajstić information content (AvgIpc) is 2.13. The molecule has 4 heteroatoms. The van der Waals surface area contributed by atoms with Gasteiger partial charge in [-0.2, -0.15) is 0 Å². The van der Waals surface area contributed by atoms with E-state index < -0.39 is 0 Å². The summed E-state index contributed by atoms with van der Waals surface area (Å²) in [6, 6.07) is 1.77. The normalized spacial score (nSPS) is 11.1. The molecule has 1 aromatic heterocycles. The van der Waals surface area contributed by atoms with E-state index in [9.17, 15) is 0 Å². The molecular weight excluding hydrogens is 188 g/mol. The molecule has 1 aromatic rings. The molecule has 0 aliphatic heterocycles. The molecule has 0 saturated heterocycles. The van der Waals surface area contributed by atoms with Gasteiger partial charge in [-0.3, -0.25) is 0 Å². The summed E-state index contributed by atoms with van der Waals surface area (Å²) >= 11 is 0. The van der Waals surface area contributed by atoms with Crippen LogP contribution in [0.2, 0.25) is 0 Å². The molecule has 0 aliphatic carbocycles. The van der Waals surface area contributed by atoms with E-state index in [0.29, 0.717) is 17.7 Å². The molecular formula is C11H20N4. The Balaban J connectivity index is 2.79. The van der Waals surface area contributed by atoms with E-state index in [4.69, 9.17) is 5.73 Å². The van der Waals surface area contributed by atoms with Gasteiger partial charge in [0.25, 0.3) is 0 Å². The fourth-order valence-electron chi connectivity index (χ4n) is 1.14. The predicted molar refractivity (Wildman–Crippen MR) is 63.9 cm³/mol. The molecule has 1 heterocycles. The zero-order chi connectivity index (χ0) is 11.4. The highest BCUT2D eigenvalue weighted by atomic mass is 15.0. The molecule has 0 saturated carbocycles. The Hall–Kier alpha value is -1.32. The van der Waals surface area contributed by atoms with E-state index in [-0.39, 0.29) is 0 Å². The first-order valence-electron chi connectivity index (χ1n) is 5.37. The fraction of sp³-hybridized carbons (Fsp3) is 0.636. The maximum absolute atomic E-state index is 5.71. The van der Waals surface area contributed by atoms with Crippen LogP contribution in [0.4, 0.5) is 11.6 Å². The van der Waals surface area contributed by atoms with Crippen LogP contribution < -0.4 is 11.1 Å². The minimum absolute atomic E-state index is 0.299. The van der Waals surface area contributed by atoms with Crippen LogP contribution in [0.3, 0.4) is 0 Å². The lowest BCUT2D eigenvalue weighted by molar-refractivity contribution is 0.684.